The van der Waals surface area contributed by atoms with Crippen LogP contribution in [0.2, 0.25) is 5.02 Å². The van der Waals surface area contributed by atoms with Gasteiger partial charge >= 0.3 is 0 Å². The number of hydrogen-bond acceptors (Lipinski definition) is 3. The fourth-order valence-corrected chi connectivity index (χ4v) is 2.30. The van der Waals surface area contributed by atoms with Crippen LogP contribution in [0, 0.1) is 6.92 Å². The minimum absolute atomic E-state index is 0.182. The van der Waals surface area contributed by atoms with Gasteiger partial charge in [-0.1, -0.05) is 17.7 Å². The van der Waals surface area contributed by atoms with Crippen LogP contribution >= 0.6 is 11.6 Å². The summed E-state index contributed by atoms with van der Waals surface area (Å²) in [6.07, 6.45) is 1.60. The van der Waals surface area contributed by atoms with E-state index in [1.807, 2.05) is 0 Å². The van der Waals surface area contributed by atoms with E-state index >= 15 is 0 Å². The Morgan fingerprint density at radius 2 is 2.09 bits per heavy atom. The van der Waals surface area contributed by atoms with Crippen molar-refractivity contribution in [1.29, 1.82) is 0 Å². The Morgan fingerprint density at radius 3 is 2.73 bits per heavy atom. The molecule has 0 bridgehead atoms. The number of amides is 1. The number of anilines is 1. The number of halogens is 1. The standard InChI is InChI=1S/C16H17ClN2O3/c1-10-5-4-8-19(16(10)21)11(2)15(20)18-12-6-7-14(22-3)13(17)9-12/h4-9,11H,1-3H3,(H,18,20). The molecule has 0 fully saturated rings. The zero-order valence-electron chi connectivity index (χ0n) is 12.6. The van der Waals surface area contributed by atoms with E-state index in [1.165, 1.54) is 11.7 Å². The number of pyridine rings is 1. The summed E-state index contributed by atoms with van der Waals surface area (Å²) in [5.74, 6) is 0.233. The van der Waals surface area contributed by atoms with E-state index in [-0.39, 0.29) is 11.5 Å². The molecule has 116 valence electrons. The highest BCUT2D eigenvalue weighted by Gasteiger charge is 2.17. The molecule has 0 aliphatic rings. The summed E-state index contributed by atoms with van der Waals surface area (Å²) in [6.45, 7) is 3.38. The van der Waals surface area contributed by atoms with E-state index in [9.17, 15) is 9.59 Å². The second-order valence-corrected chi connectivity index (χ2v) is 5.33. The Hall–Kier alpha value is -2.27. The number of aryl methyl sites for hydroxylation is 1. The Labute approximate surface area is 133 Å². The number of rotatable bonds is 4. The van der Waals surface area contributed by atoms with E-state index < -0.39 is 6.04 Å². The van der Waals surface area contributed by atoms with Gasteiger partial charge in [-0.3, -0.25) is 9.59 Å². The summed E-state index contributed by atoms with van der Waals surface area (Å²) >= 11 is 6.02. The molecule has 22 heavy (non-hydrogen) atoms. The van der Waals surface area contributed by atoms with Crippen molar-refractivity contribution in [3.8, 4) is 5.75 Å². The average molecular weight is 321 g/mol. The van der Waals surface area contributed by atoms with Crippen molar-refractivity contribution in [3.63, 3.8) is 0 Å². The lowest BCUT2D eigenvalue weighted by Gasteiger charge is -2.16. The molecule has 0 saturated heterocycles. The number of carbonyl (C=O) groups is 1. The molecule has 1 amide bonds. The predicted molar refractivity (Wildman–Crippen MR) is 86.8 cm³/mol. The number of methoxy groups -OCH3 is 1. The van der Waals surface area contributed by atoms with Crippen LogP contribution in [-0.2, 0) is 4.79 Å². The van der Waals surface area contributed by atoms with E-state index in [0.717, 1.165) is 0 Å². The lowest BCUT2D eigenvalue weighted by Crippen LogP contribution is -2.32. The molecule has 2 rings (SSSR count). The van der Waals surface area contributed by atoms with E-state index in [1.54, 1.807) is 50.4 Å². The van der Waals surface area contributed by atoms with Crippen LogP contribution in [0.25, 0.3) is 0 Å². The molecule has 0 saturated carbocycles. The van der Waals surface area contributed by atoms with Gasteiger partial charge in [-0.05, 0) is 38.1 Å². The smallest absolute Gasteiger partial charge is 0.254 e. The van der Waals surface area contributed by atoms with Crippen molar-refractivity contribution in [3.05, 3.63) is 57.5 Å². The topological polar surface area (TPSA) is 60.3 Å². The fourth-order valence-electron chi connectivity index (χ4n) is 2.04. The summed E-state index contributed by atoms with van der Waals surface area (Å²) in [5.41, 5.74) is 0.955. The van der Waals surface area contributed by atoms with Crippen molar-refractivity contribution in [1.82, 2.24) is 4.57 Å². The Bertz CT molecular complexity index is 755. The number of nitrogens with one attached hydrogen (secondary N) is 1. The van der Waals surface area contributed by atoms with Crippen LogP contribution in [-0.4, -0.2) is 17.6 Å². The molecule has 6 heteroatoms. The molecule has 0 aliphatic carbocycles. The predicted octanol–water partition coefficient (Wildman–Crippen LogP) is 3.02. The third kappa shape index (κ3) is 3.31. The van der Waals surface area contributed by atoms with Gasteiger partial charge in [-0.25, -0.2) is 0 Å². The first-order chi connectivity index (χ1) is 10.4. The van der Waals surface area contributed by atoms with Crippen molar-refractivity contribution >= 4 is 23.2 Å². The number of hydrogen-bond donors (Lipinski definition) is 1. The molecule has 1 atom stereocenters. The molecule has 2 aromatic rings. The van der Waals surface area contributed by atoms with E-state index in [0.29, 0.717) is 22.0 Å². The SMILES string of the molecule is COc1ccc(NC(=O)C(C)n2cccc(C)c2=O)cc1Cl. The maximum atomic E-state index is 12.3. The van der Waals surface area contributed by atoms with Crippen molar-refractivity contribution < 1.29 is 9.53 Å². The third-order valence-corrected chi connectivity index (χ3v) is 3.68. The number of carbonyl (C=O) groups excluding carboxylic acids is 1. The highest BCUT2D eigenvalue weighted by atomic mass is 35.5. The van der Waals surface area contributed by atoms with Crippen LogP contribution in [0.1, 0.15) is 18.5 Å². The Morgan fingerprint density at radius 1 is 1.36 bits per heavy atom. The first-order valence-electron chi connectivity index (χ1n) is 6.76. The highest BCUT2D eigenvalue weighted by Crippen LogP contribution is 2.27. The van der Waals surface area contributed by atoms with E-state index in [4.69, 9.17) is 16.3 Å². The number of benzene rings is 1. The van der Waals surface area contributed by atoms with Gasteiger partial charge in [0.05, 0.1) is 12.1 Å². The molecule has 1 aromatic carbocycles. The quantitative estimate of drug-likeness (QED) is 0.942. The number of aromatic nitrogens is 1. The van der Waals surface area contributed by atoms with Gasteiger partial charge in [0.15, 0.2) is 0 Å². The number of ether oxygens (including phenoxy) is 1. The highest BCUT2D eigenvalue weighted by molar-refractivity contribution is 6.32. The van der Waals surface area contributed by atoms with Crippen LogP contribution < -0.4 is 15.6 Å². The zero-order chi connectivity index (χ0) is 16.3. The average Bonchev–Trinajstić information content (AvgIpc) is 2.49. The molecule has 1 unspecified atom stereocenters. The summed E-state index contributed by atoms with van der Waals surface area (Å²) in [7, 11) is 1.52. The van der Waals surface area contributed by atoms with Crippen molar-refractivity contribution in [2.45, 2.75) is 19.9 Å². The van der Waals surface area contributed by atoms with Gasteiger partial charge in [-0.2, -0.15) is 0 Å². The molecule has 0 spiro atoms. The normalized spacial score (nSPS) is 11.8. The summed E-state index contributed by atoms with van der Waals surface area (Å²) in [4.78, 5) is 24.3. The van der Waals surface area contributed by atoms with Gasteiger partial charge in [-0.15, -0.1) is 0 Å². The molecule has 0 aliphatic heterocycles. The fraction of sp³-hybridized carbons (Fsp3) is 0.250. The Kier molecular flexibility index (Phi) is 4.88. The maximum absolute atomic E-state index is 12.3. The van der Waals surface area contributed by atoms with Gasteiger partial charge in [0.25, 0.3) is 5.56 Å². The van der Waals surface area contributed by atoms with Crippen LogP contribution in [0.15, 0.2) is 41.3 Å². The molecule has 1 N–H and O–H groups in total. The molecular weight excluding hydrogens is 304 g/mol. The molecule has 1 heterocycles. The van der Waals surface area contributed by atoms with Crippen LogP contribution in [0.3, 0.4) is 0 Å². The van der Waals surface area contributed by atoms with Gasteiger partial charge in [0, 0.05) is 17.4 Å². The van der Waals surface area contributed by atoms with Crippen molar-refractivity contribution in [2.75, 3.05) is 12.4 Å². The first kappa shape index (κ1) is 16.1. The lowest BCUT2D eigenvalue weighted by atomic mass is 10.2. The summed E-state index contributed by atoms with van der Waals surface area (Å²) in [6, 6.07) is 7.78. The molecule has 5 nitrogen and oxygen atoms in total. The van der Waals surface area contributed by atoms with Gasteiger partial charge in [0.2, 0.25) is 5.91 Å². The minimum Gasteiger partial charge on any atom is -0.495 e. The number of nitrogens with zero attached hydrogens (tertiary/aromatic N) is 1. The molecule has 0 radical (unpaired) electrons. The molecule has 1 aromatic heterocycles. The minimum atomic E-state index is -0.631. The van der Waals surface area contributed by atoms with Gasteiger partial charge < -0.3 is 14.6 Å². The van der Waals surface area contributed by atoms with Crippen LogP contribution in [0.5, 0.6) is 5.75 Å². The maximum Gasteiger partial charge on any atom is 0.254 e. The Balaban J connectivity index is 2.20. The third-order valence-electron chi connectivity index (χ3n) is 3.38. The lowest BCUT2D eigenvalue weighted by molar-refractivity contribution is -0.118. The monoisotopic (exact) mass is 320 g/mol. The second kappa shape index (κ2) is 6.66. The molecular formula is C16H17ClN2O3. The van der Waals surface area contributed by atoms with Gasteiger partial charge in [0.1, 0.15) is 11.8 Å². The summed E-state index contributed by atoms with van der Waals surface area (Å²) in [5, 5.41) is 3.14. The first-order valence-corrected chi connectivity index (χ1v) is 7.14. The van der Waals surface area contributed by atoms with E-state index in [2.05, 4.69) is 5.32 Å². The van der Waals surface area contributed by atoms with Crippen LogP contribution in [0.4, 0.5) is 5.69 Å². The van der Waals surface area contributed by atoms with Crippen molar-refractivity contribution in [2.24, 2.45) is 0 Å². The summed E-state index contributed by atoms with van der Waals surface area (Å²) < 4.78 is 6.46. The second-order valence-electron chi connectivity index (χ2n) is 4.92. The largest absolute Gasteiger partial charge is 0.495 e. The zero-order valence-corrected chi connectivity index (χ0v) is 13.3.